The lowest BCUT2D eigenvalue weighted by molar-refractivity contribution is 0.102. The number of aromatic nitrogens is 1. The molecule has 0 aliphatic carbocycles. The van der Waals surface area contributed by atoms with Gasteiger partial charge in [0.2, 0.25) is 0 Å². The van der Waals surface area contributed by atoms with Gasteiger partial charge in [-0.3, -0.25) is 10.1 Å². The molecule has 106 valence electrons. The van der Waals surface area contributed by atoms with Crippen molar-refractivity contribution >= 4 is 48.5 Å². The van der Waals surface area contributed by atoms with Crippen LogP contribution >= 0.6 is 27.3 Å². The van der Waals surface area contributed by atoms with Crippen LogP contribution in [0.5, 0.6) is 0 Å². The Morgan fingerprint density at radius 3 is 2.86 bits per heavy atom. The predicted octanol–water partition coefficient (Wildman–Crippen LogP) is 4.76. The Labute approximate surface area is 133 Å². The number of fused-ring (bicyclic) bond motifs is 1. The topological polar surface area (TPSA) is 42.0 Å². The molecule has 6 heteroatoms. The number of hydrogen-bond acceptors (Lipinski definition) is 3. The third kappa shape index (κ3) is 2.82. The molecule has 3 nitrogen and oxygen atoms in total. The molecule has 0 spiro atoms. The van der Waals surface area contributed by atoms with E-state index in [-0.39, 0.29) is 5.56 Å². The Kier molecular flexibility index (Phi) is 3.73. The molecule has 0 unspecified atom stereocenters. The van der Waals surface area contributed by atoms with Gasteiger partial charge in [-0.1, -0.05) is 39.4 Å². The van der Waals surface area contributed by atoms with Crippen LogP contribution in [0.1, 0.15) is 15.9 Å². The molecular weight excluding hydrogens is 355 g/mol. The van der Waals surface area contributed by atoms with E-state index in [0.717, 1.165) is 15.8 Å². The van der Waals surface area contributed by atoms with E-state index in [1.165, 1.54) is 23.5 Å². The molecule has 1 amide bonds. The van der Waals surface area contributed by atoms with E-state index < -0.39 is 11.7 Å². The third-order valence-electron chi connectivity index (χ3n) is 3.02. The van der Waals surface area contributed by atoms with E-state index in [4.69, 9.17) is 0 Å². The van der Waals surface area contributed by atoms with Crippen molar-refractivity contribution < 1.29 is 9.18 Å². The molecule has 3 aromatic rings. The number of para-hydroxylation sites is 1. The smallest absolute Gasteiger partial charge is 0.260 e. The number of rotatable bonds is 2. The number of nitrogens with one attached hydrogen (secondary N) is 1. The summed E-state index contributed by atoms with van der Waals surface area (Å²) >= 11 is 4.53. The van der Waals surface area contributed by atoms with Gasteiger partial charge in [0.1, 0.15) is 5.82 Å². The van der Waals surface area contributed by atoms with Crippen LogP contribution in [-0.2, 0) is 0 Å². The fourth-order valence-corrected chi connectivity index (χ4v) is 3.25. The Hall–Kier alpha value is -1.79. The van der Waals surface area contributed by atoms with E-state index in [9.17, 15) is 9.18 Å². The van der Waals surface area contributed by atoms with Crippen LogP contribution in [0.3, 0.4) is 0 Å². The minimum Gasteiger partial charge on any atom is -0.298 e. The van der Waals surface area contributed by atoms with Gasteiger partial charge in [0, 0.05) is 4.47 Å². The van der Waals surface area contributed by atoms with Crippen LogP contribution in [0.4, 0.5) is 9.52 Å². The summed E-state index contributed by atoms with van der Waals surface area (Å²) in [5, 5.41) is 3.11. The lowest BCUT2D eigenvalue weighted by atomic mass is 10.2. The summed E-state index contributed by atoms with van der Waals surface area (Å²) < 4.78 is 15.3. The Bertz CT molecular complexity index is 847. The zero-order valence-electron chi connectivity index (χ0n) is 11.0. The molecule has 0 radical (unpaired) electrons. The number of anilines is 1. The molecule has 0 fully saturated rings. The van der Waals surface area contributed by atoms with Crippen LogP contribution in [0, 0.1) is 12.7 Å². The van der Waals surface area contributed by atoms with Crippen LogP contribution in [0.15, 0.2) is 40.9 Å². The van der Waals surface area contributed by atoms with E-state index in [2.05, 4.69) is 26.2 Å². The summed E-state index contributed by atoms with van der Waals surface area (Å²) in [7, 11) is 0. The van der Waals surface area contributed by atoms with Crippen LogP contribution in [-0.4, -0.2) is 10.9 Å². The number of hydrogen-bond donors (Lipinski definition) is 1. The minimum atomic E-state index is -0.570. The van der Waals surface area contributed by atoms with Crippen molar-refractivity contribution in [2.45, 2.75) is 6.92 Å². The average molecular weight is 365 g/mol. The number of halogens is 2. The second-order valence-electron chi connectivity index (χ2n) is 4.52. The zero-order chi connectivity index (χ0) is 15.0. The van der Waals surface area contributed by atoms with Crippen molar-refractivity contribution in [1.82, 2.24) is 4.98 Å². The van der Waals surface area contributed by atoms with Gasteiger partial charge in [-0.25, -0.2) is 9.37 Å². The molecule has 0 aliphatic heterocycles. The van der Waals surface area contributed by atoms with Gasteiger partial charge in [-0.05, 0) is 36.8 Å². The van der Waals surface area contributed by atoms with E-state index in [1.807, 2.05) is 25.1 Å². The molecule has 0 saturated carbocycles. The summed E-state index contributed by atoms with van der Waals surface area (Å²) in [6, 6.07) is 10.2. The summed E-state index contributed by atoms with van der Waals surface area (Å²) in [4.78, 5) is 16.5. The first-order valence-electron chi connectivity index (χ1n) is 6.17. The van der Waals surface area contributed by atoms with Crippen molar-refractivity contribution in [2.75, 3.05) is 5.32 Å². The number of carbonyl (C=O) groups excluding carboxylic acids is 1. The molecule has 1 heterocycles. The number of amides is 1. The van der Waals surface area contributed by atoms with Crippen LogP contribution < -0.4 is 5.32 Å². The van der Waals surface area contributed by atoms with Crippen molar-refractivity contribution in [3.05, 3.63) is 57.8 Å². The highest BCUT2D eigenvalue weighted by Gasteiger charge is 2.14. The number of benzene rings is 2. The molecule has 3 rings (SSSR count). The summed E-state index contributed by atoms with van der Waals surface area (Å²) in [5.41, 5.74) is 1.89. The van der Waals surface area contributed by atoms with E-state index >= 15 is 0 Å². The Balaban J connectivity index is 1.91. The van der Waals surface area contributed by atoms with Crippen molar-refractivity contribution in [3.8, 4) is 0 Å². The SMILES string of the molecule is Cc1cccc2sc(NC(=O)c3ccc(Br)cc3F)nc12. The van der Waals surface area contributed by atoms with Crippen LogP contribution in [0.2, 0.25) is 0 Å². The maximum atomic E-state index is 13.8. The fraction of sp³-hybridized carbons (Fsp3) is 0.0667. The molecular formula is C15H10BrFN2OS. The molecule has 1 aromatic heterocycles. The molecule has 1 N–H and O–H groups in total. The first-order valence-corrected chi connectivity index (χ1v) is 7.78. The Morgan fingerprint density at radius 2 is 2.14 bits per heavy atom. The Morgan fingerprint density at radius 1 is 1.33 bits per heavy atom. The highest BCUT2D eigenvalue weighted by atomic mass is 79.9. The van der Waals surface area contributed by atoms with Gasteiger partial charge in [0.05, 0.1) is 15.8 Å². The third-order valence-corrected chi connectivity index (χ3v) is 4.45. The lowest BCUT2D eigenvalue weighted by Gasteiger charge is -2.03. The fourth-order valence-electron chi connectivity index (χ4n) is 1.98. The number of thiazole rings is 1. The highest BCUT2D eigenvalue weighted by Crippen LogP contribution is 2.28. The monoisotopic (exact) mass is 364 g/mol. The quantitative estimate of drug-likeness (QED) is 0.712. The predicted molar refractivity (Wildman–Crippen MR) is 86.4 cm³/mol. The second kappa shape index (κ2) is 5.54. The van der Waals surface area contributed by atoms with Crippen LogP contribution in [0.25, 0.3) is 10.2 Å². The minimum absolute atomic E-state index is 0.00539. The van der Waals surface area contributed by atoms with E-state index in [0.29, 0.717) is 9.60 Å². The summed E-state index contributed by atoms with van der Waals surface area (Å²) in [6.07, 6.45) is 0. The normalized spacial score (nSPS) is 10.8. The van der Waals surface area contributed by atoms with Gasteiger partial charge in [0.25, 0.3) is 5.91 Å². The number of carbonyl (C=O) groups is 1. The molecule has 21 heavy (non-hydrogen) atoms. The van der Waals surface area contributed by atoms with Gasteiger partial charge in [0.15, 0.2) is 5.13 Å². The van der Waals surface area contributed by atoms with Gasteiger partial charge in [-0.2, -0.15) is 0 Å². The number of aryl methyl sites for hydroxylation is 1. The largest absolute Gasteiger partial charge is 0.298 e. The molecule has 0 aliphatic rings. The summed E-state index contributed by atoms with van der Waals surface area (Å²) in [6.45, 7) is 1.96. The van der Waals surface area contributed by atoms with E-state index in [1.54, 1.807) is 6.07 Å². The first-order chi connectivity index (χ1) is 10.0. The first kappa shape index (κ1) is 14.2. The lowest BCUT2D eigenvalue weighted by Crippen LogP contribution is -2.13. The molecule has 0 bridgehead atoms. The average Bonchev–Trinajstić information content (AvgIpc) is 2.82. The molecule has 2 aromatic carbocycles. The zero-order valence-corrected chi connectivity index (χ0v) is 13.4. The van der Waals surface area contributed by atoms with Gasteiger partial charge in [-0.15, -0.1) is 0 Å². The van der Waals surface area contributed by atoms with Gasteiger partial charge >= 0.3 is 0 Å². The second-order valence-corrected chi connectivity index (χ2v) is 6.47. The standard InChI is InChI=1S/C15H10BrFN2OS/c1-8-3-2-4-12-13(8)18-15(21-12)19-14(20)10-6-5-9(16)7-11(10)17/h2-7H,1H3,(H,18,19,20). The van der Waals surface area contributed by atoms with Crippen molar-refractivity contribution in [1.29, 1.82) is 0 Å². The summed E-state index contributed by atoms with van der Waals surface area (Å²) in [5.74, 6) is -1.07. The van der Waals surface area contributed by atoms with Crippen molar-refractivity contribution in [3.63, 3.8) is 0 Å². The maximum Gasteiger partial charge on any atom is 0.260 e. The molecule has 0 atom stereocenters. The highest BCUT2D eigenvalue weighted by molar-refractivity contribution is 9.10. The van der Waals surface area contributed by atoms with Crippen molar-refractivity contribution in [2.24, 2.45) is 0 Å². The molecule has 0 saturated heterocycles. The maximum absolute atomic E-state index is 13.8. The van der Waals surface area contributed by atoms with Gasteiger partial charge < -0.3 is 0 Å². The number of nitrogens with zero attached hydrogens (tertiary/aromatic N) is 1.